The first kappa shape index (κ1) is 13.9. The number of ether oxygens (including phenoxy) is 1. The number of halogens is 1. The SMILES string of the molecule is CCOc1ccc(Nc2cc(C)ccc2C#N)cc1F. The summed E-state index contributed by atoms with van der Waals surface area (Å²) in [6.07, 6.45) is 0. The molecule has 0 radical (unpaired) electrons. The minimum Gasteiger partial charge on any atom is -0.491 e. The average Bonchev–Trinajstić information content (AvgIpc) is 2.42. The number of benzene rings is 2. The zero-order valence-electron chi connectivity index (χ0n) is 11.4. The van der Waals surface area contributed by atoms with Crippen molar-refractivity contribution in [3.05, 3.63) is 53.3 Å². The highest BCUT2D eigenvalue weighted by Crippen LogP contribution is 2.26. The van der Waals surface area contributed by atoms with Crippen molar-refractivity contribution in [2.45, 2.75) is 13.8 Å². The van der Waals surface area contributed by atoms with E-state index in [0.717, 1.165) is 5.56 Å². The third kappa shape index (κ3) is 3.07. The van der Waals surface area contributed by atoms with Crippen molar-refractivity contribution >= 4 is 11.4 Å². The Morgan fingerprint density at radius 1 is 1.25 bits per heavy atom. The molecule has 4 heteroatoms. The molecule has 0 fully saturated rings. The summed E-state index contributed by atoms with van der Waals surface area (Å²) in [5.41, 5.74) is 2.78. The van der Waals surface area contributed by atoms with Gasteiger partial charge in [-0.2, -0.15) is 5.26 Å². The van der Waals surface area contributed by atoms with Gasteiger partial charge in [-0.1, -0.05) is 6.07 Å². The highest BCUT2D eigenvalue weighted by molar-refractivity contribution is 5.67. The summed E-state index contributed by atoms with van der Waals surface area (Å²) in [5, 5.41) is 12.1. The summed E-state index contributed by atoms with van der Waals surface area (Å²) >= 11 is 0. The maximum atomic E-state index is 13.8. The van der Waals surface area contributed by atoms with E-state index in [2.05, 4.69) is 11.4 Å². The predicted molar refractivity (Wildman–Crippen MR) is 76.7 cm³/mol. The van der Waals surface area contributed by atoms with E-state index in [1.165, 1.54) is 6.07 Å². The monoisotopic (exact) mass is 270 g/mol. The predicted octanol–water partition coefficient (Wildman–Crippen LogP) is 4.15. The quantitative estimate of drug-likeness (QED) is 0.907. The molecule has 0 aromatic heterocycles. The van der Waals surface area contributed by atoms with E-state index in [9.17, 15) is 4.39 Å². The standard InChI is InChI=1S/C16H15FN2O/c1-3-20-16-7-6-13(9-14(16)17)19-15-8-11(2)4-5-12(15)10-18/h4-9,19H,3H2,1-2H3. The number of nitrogens with one attached hydrogen (secondary N) is 1. The van der Waals surface area contributed by atoms with Gasteiger partial charge in [0.15, 0.2) is 11.6 Å². The Kier molecular flexibility index (Phi) is 4.21. The van der Waals surface area contributed by atoms with E-state index in [1.54, 1.807) is 25.1 Å². The highest BCUT2D eigenvalue weighted by Gasteiger charge is 2.07. The topological polar surface area (TPSA) is 45.0 Å². The second-order valence-corrected chi connectivity index (χ2v) is 4.36. The molecule has 3 nitrogen and oxygen atoms in total. The first-order valence-electron chi connectivity index (χ1n) is 6.34. The fraction of sp³-hybridized carbons (Fsp3) is 0.188. The molecule has 0 saturated carbocycles. The van der Waals surface area contributed by atoms with Gasteiger partial charge in [0.2, 0.25) is 0 Å². The Morgan fingerprint density at radius 3 is 2.70 bits per heavy atom. The van der Waals surface area contributed by atoms with Crippen LogP contribution in [0.4, 0.5) is 15.8 Å². The molecule has 0 unspecified atom stereocenters. The summed E-state index contributed by atoms with van der Waals surface area (Å²) in [4.78, 5) is 0. The lowest BCUT2D eigenvalue weighted by molar-refractivity contribution is 0.321. The van der Waals surface area contributed by atoms with Crippen LogP contribution < -0.4 is 10.1 Å². The Bertz CT molecular complexity index is 662. The molecule has 0 bridgehead atoms. The van der Waals surface area contributed by atoms with Gasteiger partial charge in [0.05, 0.1) is 17.9 Å². The molecule has 0 aliphatic rings. The number of aryl methyl sites for hydroxylation is 1. The van der Waals surface area contributed by atoms with Crippen LogP contribution in [-0.2, 0) is 0 Å². The van der Waals surface area contributed by atoms with Crippen LogP contribution in [0.3, 0.4) is 0 Å². The number of anilines is 2. The molecule has 102 valence electrons. The maximum absolute atomic E-state index is 13.8. The van der Waals surface area contributed by atoms with Crippen LogP contribution in [-0.4, -0.2) is 6.61 Å². The van der Waals surface area contributed by atoms with Crippen molar-refractivity contribution in [3.8, 4) is 11.8 Å². The van der Waals surface area contributed by atoms with Crippen LogP contribution in [0.2, 0.25) is 0 Å². The lowest BCUT2D eigenvalue weighted by atomic mass is 10.1. The molecular weight excluding hydrogens is 255 g/mol. The Balaban J connectivity index is 2.29. The molecule has 1 N–H and O–H groups in total. The number of hydrogen-bond acceptors (Lipinski definition) is 3. The molecule has 0 saturated heterocycles. The largest absolute Gasteiger partial charge is 0.491 e. The Morgan fingerprint density at radius 2 is 2.05 bits per heavy atom. The smallest absolute Gasteiger partial charge is 0.167 e. The first-order valence-corrected chi connectivity index (χ1v) is 6.34. The van der Waals surface area contributed by atoms with E-state index in [-0.39, 0.29) is 5.75 Å². The molecule has 2 aromatic carbocycles. The lowest BCUT2D eigenvalue weighted by Gasteiger charge is -2.11. The van der Waals surface area contributed by atoms with Gasteiger partial charge in [0.1, 0.15) is 6.07 Å². The average molecular weight is 270 g/mol. The van der Waals surface area contributed by atoms with E-state index in [4.69, 9.17) is 10.00 Å². The number of nitrogens with zero attached hydrogens (tertiary/aromatic N) is 1. The lowest BCUT2D eigenvalue weighted by Crippen LogP contribution is -1.98. The van der Waals surface area contributed by atoms with Gasteiger partial charge in [-0.15, -0.1) is 0 Å². The van der Waals surface area contributed by atoms with E-state index >= 15 is 0 Å². The first-order chi connectivity index (χ1) is 9.63. The van der Waals surface area contributed by atoms with Crippen LogP contribution in [0.15, 0.2) is 36.4 Å². The van der Waals surface area contributed by atoms with Crippen molar-refractivity contribution in [3.63, 3.8) is 0 Å². The van der Waals surface area contributed by atoms with Gasteiger partial charge in [-0.3, -0.25) is 0 Å². The molecule has 20 heavy (non-hydrogen) atoms. The molecule has 0 heterocycles. The van der Waals surface area contributed by atoms with Crippen molar-refractivity contribution in [1.82, 2.24) is 0 Å². The third-order valence-corrected chi connectivity index (χ3v) is 2.81. The van der Waals surface area contributed by atoms with Gasteiger partial charge < -0.3 is 10.1 Å². The van der Waals surface area contributed by atoms with Crippen LogP contribution in [0.1, 0.15) is 18.1 Å². The second kappa shape index (κ2) is 6.07. The molecule has 0 aliphatic heterocycles. The summed E-state index contributed by atoms with van der Waals surface area (Å²) in [7, 11) is 0. The minimum absolute atomic E-state index is 0.225. The van der Waals surface area contributed by atoms with E-state index in [1.807, 2.05) is 19.1 Å². The number of nitriles is 1. The third-order valence-electron chi connectivity index (χ3n) is 2.81. The zero-order chi connectivity index (χ0) is 14.5. The Hall–Kier alpha value is -2.54. The highest BCUT2D eigenvalue weighted by atomic mass is 19.1. The fourth-order valence-electron chi connectivity index (χ4n) is 1.87. The zero-order valence-corrected chi connectivity index (χ0v) is 11.4. The van der Waals surface area contributed by atoms with Crippen LogP contribution in [0.25, 0.3) is 0 Å². The van der Waals surface area contributed by atoms with E-state index in [0.29, 0.717) is 23.5 Å². The van der Waals surface area contributed by atoms with Crippen LogP contribution >= 0.6 is 0 Å². The molecule has 0 atom stereocenters. The van der Waals surface area contributed by atoms with E-state index < -0.39 is 5.82 Å². The molecule has 2 aromatic rings. The molecule has 0 aliphatic carbocycles. The number of hydrogen-bond donors (Lipinski definition) is 1. The van der Waals surface area contributed by atoms with Gasteiger partial charge in [0, 0.05) is 11.8 Å². The molecular formula is C16H15FN2O. The summed E-state index contributed by atoms with van der Waals surface area (Å²) in [5.74, 6) is -0.203. The summed E-state index contributed by atoms with van der Waals surface area (Å²) in [6, 6.07) is 12.2. The second-order valence-electron chi connectivity index (χ2n) is 4.36. The molecule has 0 spiro atoms. The minimum atomic E-state index is -0.428. The van der Waals surface area contributed by atoms with Crippen molar-refractivity contribution < 1.29 is 9.13 Å². The molecule has 0 amide bonds. The molecule has 2 rings (SSSR count). The summed E-state index contributed by atoms with van der Waals surface area (Å²) in [6.45, 7) is 4.16. The van der Waals surface area contributed by atoms with Gasteiger partial charge in [-0.05, 0) is 43.7 Å². The summed E-state index contributed by atoms with van der Waals surface area (Å²) < 4.78 is 18.9. The maximum Gasteiger partial charge on any atom is 0.167 e. The van der Waals surface area contributed by atoms with Gasteiger partial charge in [0.25, 0.3) is 0 Å². The van der Waals surface area contributed by atoms with Crippen LogP contribution in [0.5, 0.6) is 5.75 Å². The van der Waals surface area contributed by atoms with Crippen molar-refractivity contribution in [2.75, 3.05) is 11.9 Å². The van der Waals surface area contributed by atoms with Crippen LogP contribution in [0, 0.1) is 24.1 Å². The Labute approximate surface area is 117 Å². The van der Waals surface area contributed by atoms with Gasteiger partial charge >= 0.3 is 0 Å². The normalized spacial score (nSPS) is 9.90. The number of rotatable bonds is 4. The van der Waals surface area contributed by atoms with Crippen molar-refractivity contribution in [1.29, 1.82) is 5.26 Å². The van der Waals surface area contributed by atoms with Crippen molar-refractivity contribution in [2.24, 2.45) is 0 Å². The fourth-order valence-corrected chi connectivity index (χ4v) is 1.87. The van der Waals surface area contributed by atoms with Gasteiger partial charge in [-0.25, -0.2) is 4.39 Å².